The first-order chi connectivity index (χ1) is 8.11. The molecule has 0 radical (unpaired) electrons. The van der Waals surface area contributed by atoms with E-state index in [2.05, 4.69) is 0 Å². The van der Waals surface area contributed by atoms with E-state index in [-0.39, 0.29) is 16.1 Å². The summed E-state index contributed by atoms with van der Waals surface area (Å²) in [5.74, 6) is 0. The molecule has 1 aliphatic rings. The topological polar surface area (TPSA) is 69.2 Å². The Bertz CT molecular complexity index is 412. The summed E-state index contributed by atoms with van der Waals surface area (Å²) in [6, 6.07) is 6.92. The highest BCUT2D eigenvalue weighted by Crippen LogP contribution is 2.31. The predicted octanol–water partition coefficient (Wildman–Crippen LogP) is 2.80. The fourth-order valence-electron chi connectivity index (χ4n) is 2.65. The van der Waals surface area contributed by atoms with Crippen molar-refractivity contribution in [1.29, 1.82) is 0 Å². The number of benzene rings is 1. The monoisotopic (exact) mass is 234 g/mol. The van der Waals surface area contributed by atoms with Crippen LogP contribution in [0.4, 0.5) is 5.69 Å². The number of hydrogen-bond donors (Lipinski definition) is 1. The first-order valence-corrected chi connectivity index (χ1v) is 6.12. The van der Waals surface area contributed by atoms with E-state index >= 15 is 0 Å². The molecule has 2 N–H and O–H groups in total. The zero-order valence-electron chi connectivity index (χ0n) is 9.89. The van der Waals surface area contributed by atoms with Crippen LogP contribution in [-0.2, 0) is 6.42 Å². The van der Waals surface area contributed by atoms with Gasteiger partial charge in [-0.25, -0.2) is 0 Å². The van der Waals surface area contributed by atoms with Crippen LogP contribution in [0.3, 0.4) is 0 Å². The molecule has 0 saturated heterocycles. The van der Waals surface area contributed by atoms with Crippen molar-refractivity contribution in [3.63, 3.8) is 0 Å². The highest BCUT2D eigenvalue weighted by atomic mass is 16.6. The number of nitrogens with zero attached hydrogens (tertiary/aromatic N) is 1. The Morgan fingerprint density at radius 3 is 2.53 bits per heavy atom. The molecular formula is C13H18N2O2. The Labute approximate surface area is 101 Å². The molecule has 0 aromatic heterocycles. The van der Waals surface area contributed by atoms with E-state index in [1.807, 2.05) is 12.1 Å². The van der Waals surface area contributed by atoms with Crippen molar-refractivity contribution in [2.45, 2.75) is 44.1 Å². The maximum Gasteiger partial charge on any atom is 0.272 e. The van der Waals surface area contributed by atoms with E-state index in [4.69, 9.17) is 5.73 Å². The van der Waals surface area contributed by atoms with Gasteiger partial charge < -0.3 is 5.73 Å². The van der Waals surface area contributed by atoms with Crippen molar-refractivity contribution in [3.8, 4) is 0 Å². The van der Waals surface area contributed by atoms with Crippen LogP contribution in [0.25, 0.3) is 0 Å². The Hall–Kier alpha value is -1.42. The third kappa shape index (κ3) is 2.82. The number of nitro groups is 1. The highest BCUT2D eigenvalue weighted by molar-refractivity contribution is 5.40. The van der Waals surface area contributed by atoms with Crippen molar-refractivity contribution in [1.82, 2.24) is 0 Å². The molecule has 1 aliphatic carbocycles. The third-order valence-electron chi connectivity index (χ3n) is 3.58. The fourth-order valence-corrected chi connectivity index (χ4v) is 2.65. The standard InChI is InChI=1S/C13H18N2O2/c14-13(8-4-1-5-9-13)10-11-6-2-3-7-12(11)15(16)17/h2-3,6-7H,1,4-5,8-10,14H2. The maximum atomic E-state index is 10.9. The van der Waals surface area contributed by atoms with E-state index in [0.29, 0.717) is 6.42 Å². The quantitative estimate of drug-likeness (QED) is 0.645. The summed E-state index contributed by atoms with van der Waals surface area (Å²) >= 11 is 0. The summed E-state index contributed by atoms with van der Waals surface area (Å²) in [6.45, 7) is 0. The molecule has 0 bridgehead atoms. The van der Waals surface area contributed by atoms with Crippen molar-refractivity contribution in [2.24, 2.45) is 5.73 Å². The summed E-state index contributed by atoms with van der Waals surface area (Å²) in [7, 11) is 0. The molecule has 17 heavy (non-hydrogen) atoms. The Kier molecular flexibility index (Phi) is 3.43. The second kappa shape index (κ2) is 4.84. The van der Waals surface area contributed by atoms with Crippen LogP contribution in [0.15, 0.2) is 24.3 Å². The summed E-state index contributed by atoms with van der Waals surface area (Å²) in [6.07, 6.45) is 6.06. The van der Waals surface area contributed by atoms with E-state index in [0.717, 1.165) is 31.2 Å². The maximum absolute atomic E-state index is 10.9. The van der Waals surface area contributed by atoms with Gasteiger partial charge in [-0.2, -0.15) is 0 Å². The molecular weight excluding hydrogens is 216 g/mol. The van der Waals surface area contributed by atoms with Gasteiger partial charge in [-0.1, -0.05) is 37.5 Å². The highest BCUT2D eigenvalue weighted by Gasteiger charge is 2.29. The van der Waals surface area contributed by atoms with Gasteiger partial charge in [0.05, 0.1) is 4.92 Å². The Morgan fingerprint density at radius 1 is 1.24 bits per heavy atom. The van der Waals surface area contributed by atoms with Crippen LogP contribution in [0.5, 0.6) is 0 Å². The number of hydrogen-bond acceptors (Lipinski definition) is 3. The third-order valence-corrected chi connectivity index (χ3v) is 3.58. The summed E-state index contributed by atoms with van der Waals surface area (Å²) in [4.78, 5) is 10.6. The smallest absolute Gasteiger partial charge is 0.272 e. The number of nitro benzene ring substituents is 1. The minimum atomic E-state index is -0.318. The predicted molar refractivity (Wildman–Crippen MR) is 66.8 cm³/mol. The first-order valence-electron chi connectivity index (χ1n) is 6.12. The molecule has 1 aromatic rings. The zero-order chi connectivity index (χ0) is 12.3. The Balaban J connectivity index is 2.20. The molecule has 4 nitrogen and oxygen atoms in total. The zero-order valence-corrected chi connectivity index (χ0v) is 9.89. The van der Waals surface area contributed by atoms with Gasteiger partial charge in [-0.15, -0.1) is 0 Å². The lowest BCUT2D eigenvalue weighted by Gasteiger charge is -2.33. The van der Waals surface area contributed by atoms with Gasteiger partial charge in [0.2, 0.25) is 0 Å². The molecule has 0 heterocycles. The SMILES string of the molecule is NC1(Cc2ccccc2[N+](=O)[O-])CCCCC1. The van der Waals surface area contributed by atoms with Crippen LogP contribution >= 0.6 is 0 Å². The van der Waals surface area contributed by atoms with E-state index < -0.39 is 0 Å². The molecule has 92 valence electrons. The molecule has 1 saturated carbocycles. The summed E-state index contributed by atoms with van der Waals surface area (Å²) in [5.41, 5.74) is 7.05. The van der Waals surface area contributed by atoms with Crippen LogP contribution in [-0.4, -0.2) is 10.5 Å². The number of nitrogens with two attached hydrogens (primary N) is 1. The van der Waals surface area contributed by atoms with Crippen LogP contribution in [0.1, 0.15) is 37.7 Å². The second-order valence-corrected chi connectivity index (χ2v) is 4.99. The molecule has 0 amide bonds. The van der Waals surface area contributed by atoms with Crippen LogP contribution in [0.2, 0.25) is 0 Å². The lowest BCUT2D eigenvalue weighted by molar-refractivity contribution is -0.385. The lowest BCUT2D eigenvalue weighted by atomic mass is 9.78. The van der Waals surface area contributed by atoms with Gasteiger partial charge in [0.15, 0.2) is 0 Å². The minimum absolute atomic E-state index is 0.197. The molecule has 1 aromatic carbocycles. The summed E-state index contributed by atoms with van der Waals surface area (Å²) < 4.78 is 0. The normalized spacial score (nSPS) is 18.9. The fraction of sp³-hybridized carbons (Fsp3) is 0.538. The van der Waals surface area contributed by atoms with Crippen molar-refractivity contribution in [3.05, 3.63) is 39.9 Å². The average molecular weight is 234 g/mol. The molecule has 1 fully saturated rings. The van der Waals surface area contributed by atoms with E-state index in [1.165, 1.54) is 6.42 Å². The Morgan fingerprint density at radius 2 is 1.88 bits per heavy atom. The largest absolute Gasteiger partial charge is 0.325 e. The first kappa shape index (κ1) is 12.0. The van der Waals surface area contributed by atoms with Crippen molar-refractivity contribution < 1.29 is 4.92 Å². The van der Waals surface area contributed by atoms with Crippen molar-refractivity contribution in [2.75, 3.05) is 0 Å². The van der Waals surface area contributed by atoms with E-state index in [1.54, 1.807) is 12.1 Å². The van der Waals surface area contributed by atoms with Gasteiger partial charge in [0, 0.05) is 17.2 Å². The molecule has 4 heteroatoms. The molecule has 0 atom stereocenters. The number of rotatable bonds is 3. The lowest BCUT2D eigenvalue weighted by Crippen LogP contribution is -2.43. The summed E-state index contributed by atoms with van der Waals surface area (Å²) in [5, 5.41) is 10.9. The molecule has 0 unspecified atom stereocenters. The molecule has 2 rings (SSSR count). The molecule has 0 spiro atoms. The van der Waals surface area contributed by atoms with Gasteiger partial charge in [0.1, 0.15) is 0 Å². The van der Waals surface area contributed by atoms with E-state index in [9.17, 15) is 10.1 Å². The minimum Gasteiger partial charge on any atom is -0.325 e. The van der Waals surface area contributed by atoms with Crippen LogP contribution < -0.4 is 5.73 Å². The number of para-hydroxylation sites is 1. The van der Waals surface area contributed by atoms with Gasteiger partial charge in [0.25, 0.3) is 5.69 Å². The van der Waals surface area contributed by atoms with Gasteiger partial charge in [-0.3, -0.25) is 10.1 Å². The molecule has 0 aliphatic heterocycles. The average Bonchev–Trinajstić information content (AvgIpc) is 2.29. The van der Waals surface area contributed by atoms with Crippen molar-refractivity contribution >= 4 is 5.69 Å². The van der Waals surface area contributed by atoms with Gasteiger partial charge >= 0.3 is 0 Å². The van der Waals surface area contributed by atoms with Gasteiger partial charge in [-0.05, 0) is 19.3 Å². The second-order valence-electron chi connectivity index (χ2n) is 4.99. The van der Waals surface area contributed by atoms with Crippen LogP contribution in [0, 0.1) is 10.1 Å².